The first-order chi connectivity index (χ1) is 30.7. The molecule has 5 heteroatoms. The van der Waals surface area contributed by atoms with Gasteiger partial charge in [-0.1, -0.05) is 172 Å². The summed E-state index contributed by atoms with van der Waals surface area (Å²) in [4.78, 5) is 7.46. The predicted molar refractivity (Wildman–Crippen MR) is 284 cm³/mol. The van der Waals surface area contributed by atoms with Gasteiger partial charge in [0, 0.05) is 54.7 Å². The summed E-state index contributed by atoms with van der Waals surface area (Å²) in [5, 5.41) is 8.09. The van der Waals surface area contributed by atoms with Gasteiger partial charge in [-0.2, -0.15) is 0 Å². The topological polar surface area (TPSA) is 6.48 Å². The summed E-state index contributed by atoms with van der Waals surface area (Å²) >= 11 is 1.90. The van der Waals surface area contributed by atoms with Crippen LogP contribution >= 0.6 is 11.8 Å². The number of anilines is 6. The van der Waals surface area contributed by atoms with Crippen molar-refractivity contribution in [2.24, 2.45) is 0 Å². The SMILES string of the molecule is CC1(C)c2ccccc2-c2ccc(N(c3ccc([Si](C)(C)C)cc3)c3ccc4cc5c6c(cccc6c4c3)Sc3cc(N(c4ccccc4)c4ccc([Si](C)(C)C)cc4)ccc3-5)cc21. The zero-order valence-electron chi connectivity index (χ0n) is 38.1. The van der Waals surface area contributed by atoms with E-state index in [1.807, 2.05) is 11.8 Å². The van der Waals surface area contributed by atoms with Crippen molar-refractivity contribution in [1.82, 2.24) is 0 Å². The lowest BCUT2D eigenvalue weighted by Crippen LogP contribution is -2.37. The standard InChI is InChI=1S/C59H54N2SSi2/c1-59(2)54-19-13-12-17-48(54)49-33-27-44(37-55(49)59)61(42-25-31-47(32-26-42)64(6,7)8)43-22-21-39-35-53-50-34-28-45(38-57(50)62-56-20-14-18-51(58(53)56)52(39)36-43)60(40-15-10-9-11-16-40)41-23-29-46(30-24-41)63(3,4)5/h9-38H,1-8H3. The van der Waals surface area contributed by atoms with Crippen molar-refractivity contribution >= 4 is 94.0 Å². The van der Waals surface area contributed by atoms with Crippen LogP contribution in [0.1, 0.15) is 25.0 Å². The van der Waals surface area contributed by atoms with Crippen LogP contribution in [0.3, 0.4) is 0 Å². The van der Waals surface area contributed by atoms with Gasteiger partial charge in [0.15, 0.2) is 0 Å². The molecule has 2 nitrogen and oxygen atoms in total. The van der Waals surface area contributed by atoms with Gasteiger partial charge in [-0.15, -0.1) is 0 Å². The molecule has 0 bridgehead atoms. The Morgan fingerprint density at radius 1 is 0.375 bits per heavy atom. The normalized spacial score (nSPS) is 13.7. The molecule has 64 heavy (non-hydrogen) atoms. The Bertz CT molecular complexity index is 3290. The van der Waals surface area contributed by atoms with E-state index in [1.54, 1.807) is 0 Å². The van der Waals surface area contributed by atoms with E-state index in [1.165, 1.54) is 92.2 Å². The van der Waals surface area contributed by atoms with Gasteiger partial charge in [-0.3, -0.25) is 0 Å². The van der Waals surface area contributed by atoms with Gasteiger partial charge in [0.25, 0.3) is 0 Å². The summed E-state index contributed by atoms with van der Waals surface area (Å²) in [6.07, 6.45) is 0. The molecule has 0 atom stereocenters. The molecule has 0 unspecified atom stereocenters. The summed E-state index contributed by atoms with van der Waals surface area (Å²) in [5.74, 6) is 0. The van der Waals surface area contributed by atoms with E-state index in [-0.39, 0.29) is 5.41 Å². The van der Waals surface area contributed by atoms with Crippen LogP contribution < -0.4 is 20.2 Å². The summed E-state index contributed by atoms with van der Waals surface area (Å²) in [7, 11) is -2.92. The number of rotatable bonds is 8. The van der Waals surface area contributed by atoms with Crippen molar-refractivity contribution in [3.05, 3.63) is 193 Å². The monoisotopic (exact) mass is 878 g/mol. The third-order valence-electron chi connectivity index (χ3n) is 13.7. The van der Waals surface area contributed by atoms with Gasteiger partial charge in [0.2, 0.25) is 0 Å². The average molecular weight is 879 g/mol. The highest BCUT2D eigenvalue weighted by molar-refractivity contribution is 7.99. The molecule has 0 amide bonds. The molecule has 0 N–H and O–H groups in total. The fourth-order valence-electron chi connectivity index (χ4n) is 10.2. The van der Waals surface area contributed by atoms with Crippen molar-refractivity contribution in [2.75, 3.05) is 9.80 Å². The predicted octanol–water partition coefficient (Wildman–Crippen LogP) is 16.5. The van der Waals surface area contributed by atoms with Crippen molar-refractivity contribution < 1.29 is 0 Å². The molecule has 0 saturated carbocycles. The minimum absolute atomic E-state index is 0.0943. The highest BCUT2D eigenvalue weighted by atomic mass is 32.2. The van der Waals surface area contributed by atoms with Crippen LogP contribution in [-0.4, -0.2) is 16.1 Å². The number of hydrogen-bond acceptors (Lipinski definition) is 3. The molecular weight excluding hydrogens is 825 g/mol. The second kappa shape index (κ2) is 15.0. The lowest BCUT2D eigenvalue weighted by Gasteiger charge is -2.30. The number of nitrogens with zero attached hydrogens (tertiary/aromatic N) is 2. The molecule has 0 fully saturated rings. The van der Waals surface area contributed by atoms with E-state index in [4.69, 9.17) is 0 Å². The zero-order chi connectivity index (χ0) is 44.1. The maximum atomic E-state index is 2.48. The first-order valence-electron chi connectivity index (χ1n) is 22.7. The molecule has 2 aliphatic rings. The molecule has 1 aliphatic carbocycles. The number of fused-ring (bicyclic) bond motifs is 7. The quantitative estimate of drug-likeness (QED) is 0.111. The van der Waals surface area contributed by atoms with Crippen LogP contribution in [0.25, 0.3) is 43.8 Å². The molecule has 1 heterocycles. The Hall–Kier alpha value is -6.12. The number of para-hydroxylation sites is 1. The molecule has 9 aromatic rings. The summed E-state index contributed by atoms with van der Waals surface area (Å²) < 4.78 is 0. The zero-order valence-corrected chi connectivity index (χ0v) is 40.9. The Balaban J connectivity index is 1.03. The van der Waals surface area contributed by atoms with Crippen LogP contribution in [0.5, 0.6) is 0 Å². The molecular formula is C59H54N2SSi2. The summed E-state index contributed by atoms with van der Waals surface area (Å²) in [6.45, 7) is 19.3. The van der Waals surface area contributed by atoms with Gasteiger partial charge >= 0.3 is 0 Å². The van der Waals surface area contributed by atoms with Crippen LogP contribution in [0.4, 0.5) is 34.1 Å². The average Bonchev–Trinajstić information content (AvgIpc) is 3.52. The van der Waals surface area contributed by atoms with E-state index < -0.39 is 16.1 Å². The highest BCUT2D eigenvalue weighted by Gasteiger charge is 2.36. The second-order valence-corrected chi connectivity index (χ2v) is 31.5. The van der Waals surface area contributed by atoms with Gasteiger partial charge in [-0.25, -0.2) is 0 Å². The minimum atomic E-state index is -1.49. The van der Waals surface area contributed by atoms with Crippen LogP contribution in [-0.2, 0) is 5.41 Å². The second-order valence-electron chi connectivity index (χ2n) is 20.3. The first-order valence-corrected chi connectivity index (χ1v) is 30.5. The highest BCUT2D eigenvalue weighted by Crippen LogP contribution is 2.53. The summed E-state index contributed by atoms with van der Waals surface area (Å²) in [6, 6.07) is 69.1. The molecule has 0 aromatic heterocycles. The molecule has 0 radical (unpaired) electrons. The Kier molecular flexibility index (Phi) is 9.52. The Morgan fingerprint density at radius 3 is 1.58 bits per heavy atom. The third kappa shape index (κ3) is 6.75. The van der Waals surface area contributed by atoms with E-state index in [0.29, 0.717) is 0 Å². The van der Waals surface area contributed by atoms with Crippen molar-refractivity contribution in [3.8, 4) is 22.3 Å². The molecule has 11 rings (SSSR count). The van der Waals surface area contributed by atoms with Crippen molar-refractivity contribution in [3.63, 3.8) is 0 Å². The Labute approximate surface area is 385 Å². The molecule has 9 aromatic carbocycles. The van der Waals surface area contributed by atoms with Crippen molar-refractivity contribution in [1.29, 1.82) is 0 Å². The lowest BCUT2D eigenvalue weighted by atomic mass is 9.82. The van der Waals surface area contributed by atoms with E-state index in [2.05, 4.69) is 245 Å². The van der Waals surface area contributed by atoms with Gasteiger partial charge in [0.05, 0.1) is 16.1 Å². The molecule has 1 aliphatic heterocycles. The van der Waals surface area contributed by atoms with Crippen LogP contribution in [0, 0.1) is 0 Å². The summed E-state index contributed by atoms with van der Waals surface area (Å²) in [5.41, 5.74) is 15.0. The maximum absolute atomic E-state index is 2.48. The van der Waals surface area contributed by atoms with E-state index in [9.17, 15) is 0 Å². The molecule has 0 saturated heterocycles. The fraction of sp³-hybridized carbons (Fsp3) is 0.153. The van der Waals surface area contributed by atoms with Crippen LogP contribution in [0.2, 0.25) is 39.3 Å². The smallest absolute Gasteiger partial charge is 0.0775 e. The van der Waals surface area contributed by atoms with Gasteiger partial charge in [-0.05, 0) is 134 Å². The number of benzene rings is 9. The molecule has 0 spiro atoms. The third-order valence-corrected chi connectivity index (χ3v) is 19.0. The van der Waals surface area contributed by atoms with E-state index in [0.717, 1.165) is 17.1 Å². The lowest BCUT2D eigenvalue weighted by molar-refractivity contribution is 0.660. The molecule has 314 valence electrons. The largest absolute Gasteiger partial charge is 0.310 e. The van der Waals surface area contributed by atoms with Crippen molar-refractivity contribution in [2.45, 2.75) is 68.3 Å². The van der Waals surface area contributed by atoms with Gasteiger partial charge in [0.1, 0.15) is 0 Å². The first kappa shape index (κ1) is 40.6. The van der Waals surface area contributed by atoms with Gasteiger partial charge < -0.3 is 9.80 Å². The van der Waals surface area contributed by atoms with Crippen LogP contribution in [0.15, 0.2) is 192 Å². The van der Waals surface area contributed by atoms with E-state index >= 15 is 0 Å². The minimum Gasteiger partial charge on any atom is -0.310 e. The fourth-order valence-corrected chi connectivity index (χ4v) is 13.7. The number of hydrogen-bond donors (Lipinski definition) is 0. The maximum Gasteiger partial charge on any atom is 0.0775 e. The Morgan fingerprint density at radius 2 is 0.906 bits per heavy atom.